The van der Waals surface area contributed by atoms with Crippen LogP contribution in [-0.2, 0) is 0 Å². The summed E-state index contributed by atoms with van der Waals surface area (Å²) in [6, 6.07) is 22.7. The Morgan fingerprint density at radius 1 is 0.562 bits per heavy atom. The van der Waals surface area contributed by atoms with Gasteiger partial charge in [-0.3, -0.25) is 0 Å². The van der Waals surface area contributed by atoms with Gasteiger partial charge in [-0.25, -0.2) is 0 Å². The third-order valence-corrected chi connectivity index (χ3v) is 61.5. The van der Waals surface area contributed by atoms with Crippen molar-refractivity contribution in [2.45, 2.75) is 77.8 Å². The molecule has 0 bridgehead atoms. The van der Waals surface area contributed by atoms with Crippen molar-refractivity contribution in [1.82, 2.24) is 0 Å². The number of halogens is 1. The minimum atomic E-state index is -2.29. The summed E-state index contributed by atoms with van der Waals surface area (Å²) in [4.78, 5) is 0. The minimum absolute atomic E-state index is 0.341. The average Bonchev–Trinajstić information content (AvgIpc) is 3.01. The van der Waals surface area contributed by atoms with E-state index < -0.39 is 34.6 Å². The molecule has 0 nitrogen and oxygen atoms in total. The Morgan fingerprint density at radius 2 is 0.844 bits per heavy atom. The summed E-state index contributed by atoms with van der Waals surface area (Å²) >= 11 is 0.744. The van der Waals surface area contributed by atoms with Gasteiger partial charge in [0.1, 0.15) is 0 Å². The van der Waals surface area contributed by atoms with Crippen LogP contribution in [0.25, 0.3) is 11.1 Å². The molecule has 0 spiro atoms. The second-order valence-corrected chi connectivity index (χ2v) is 42.5. The van der Waals surface area contributed by atoms with Crippen LogP contribution < -0.4 is 0 Å². The molecule has 0 aromatic heterocycles. The number of hydrogen-bond donors (Lipinski definition) is 0. The maximum absolute atomic E-state index is 3.04. The SMILES string of the molecule is CC(C)(C)[Si](C)(C)[C]1=C(c2ccccc2)C(c2ccccc2)=[C]([Si](C)(C)C(C)(C)C)[Pb]1[I]. The van der Waals surface area contributed by atoms with Crippen LogP contribution in [0.15, 0.2) is 66.2 Å². The number of benzene rings is 2. The van der Waals surface area contributed by atoms with Crippen molar-refractivity contribution in [3.63, 3.8) is 0 Å². The summed E-state index contributed by atoms with van der Waals surface area (Å²) < 4.78 is 3.92. The predicted octanol–water partition coefficient (Wildman–Crippen LogP) is 9.51. The summed E-state index contributed by atoms with van der Waals surface area (Å²) in [5.41, 5.74) is 6.16. The zero-order valence-electron chi connectivity index (χ0n) is 21.7. The fourth-order valence-electron chi connectivity index (χ4n) is 4.31. The summed E-state index contributed by atoms with van der Waals surface area (Å²) in [6.45, 7) is 25.6. The van der Waals surface area contributed by atoms with Crippen molar-refractivity contribution < 1.29 is 0 Å². The van der Waals surface area contributed by atoms with Crippen LogP contribution in [0.3, 0.4) is 0 Å². The molecule has 171 valence electrons. The Balaban J connectivity index is 2.50. The normalized spacial score (nSPS) is 16.8. The van der Waals surface area contributed by atoms with E-state index >= 15 is 0 Å². The van der Waals surface area contributed by atoms with Crippen LogP contribution in [0.1, 0.15) is 52.7 Å². The third-order valence-electron chi connectivity index (χ3n) is 8.31. The van der Waals surface area contributed by atoms with Gasteiger partial charge in [0.2, 0.25) is 0 Å². The molecule has 0 saturated heterocycles. The molecule has 1 aliphatic heterocycles. The molecular formula is C28H40IPbSi2. The van der Waals surface area contributed by atoms with Crippen LogP contribution in [0.5, 0.6) is 0 Å². The predicted molar refractivity (Wildman–Crippen MR) is 161 cm³/mol. The summed E-state index contributed by atoms with van der Waals surface area (Å²) in [5, 5.41) is 0.683. The standard InChI is InChI=1S/C28H40Si2.HI.Pb/c1-27(2,3)29(7,8)21-25(23-17-13-11-14-18-23)26(24-19-15-12-16-20-24)22-30(9,10)28(4,5)6;;/h11-20H,1-10H3;1H;/q;;+1/p-1. The first-order valence-electron chi connectivity index (χ1n) is 11.8. The molecule has 1 radical (unpaired) electrons. The van der Waals surface area contributed by atoms with Gasteiger partial charge in [0.05, 0.1) is 0 Å². The molecule has 1 heterocycles. The second kappa shape index (κ2) is 9.23. The van der Waals surface area contributed by atoms with E-state index in [0.717, 1.165) is 0 Å². The summed E-state index contributed by atoms with van der Waals surface area (Å²) in [5.74, 6) is 0. The Labute approximate surface area is 216 Å². The number of hydrogen-bond acceptors (Lipinski definition) is 0. The van der Waals surface area contributed by atoms with Gasteiger partial charge in [-0.1, -0.05) is 0 Å². The van der Waals surface area contributed by atoms with Crippen molar-refractivity contribution in [2.75, 3.05) is 0 Å². The summed E-state index contributed by atoms with van der Waals surface area (Å²) in [6.07, 6.45) is 0. The molecule has 2 aromatic carbocycles. The van der Waals surface area contributed by atoms with Crippen molar-refractivity contribution in [3.8, 4) is 0 Å². The first kappa shape index (κ1) is 26.6. The molecule has 0 amide bonds. The molecule has 0 fully saturated rings. The molecule has 0 saturated carbocycles. The van der Waals surface area contributed by atoms with Gasteiger partial charge >= 0.3 is 219 Å². The molecule has 3 rings (SSSR count). The Kier molecular flexibility index (Phi) is 7.67. The van der Waals surface area contributed by atoms with Crippen LogP contribution >= 0.6 is 17.8 Å². The monoisotopic (exact) mass is 767 g/mol. The molecule has 32 heavy (non-hydrogen) atoms. The van der Waals surface area contributed by atoms with E-state index in [4.69, 9.17) is 0 Å². The molecule has 0 unspecified atom stereocenters. The van der Waals surface area contributed by atoms with Crippen LogP contribution in [0.2, 0.25) is 36.3 Å². The summed E-state index contributed by atoms with van der Waals surface area (Å²) in [7, 11) is -3.38. The van der Waals surface area contributed by atoms with Gasteiger partial charge in [0, 0.05) is 0 Å². The van der Waals surface area contributed by atoms with Crippen molar-refractivity contribution in [3.05, 3.63) is 77.3 Å². The molecule has 0 aliphatic carbocycles. The number of allylic oxidation sites excluding steroid dienone is 2. The van der Waals surface area contributed by atoms with Gasteiger partial charge in [-0.05, 0) is 0 Å². The van der Waals surface area contributed by atoms with E-state index in [1.54, 1.807) is 11.1 Å². The molecule has 2 aromatic rings. The molecule has 0 atom stereocenters. The van der Waals surface area contributed by atoms with Gasteiger partial charge in [0.25, 0.3) is 0 Å². The van der Waals surface area contributed by atoms with Gasteiger partial charge in [0.15, 0.2) is 0 Å². The van der Waals surface area contributed by atoms with Gasteiger partial charge in [-0.2, -0.15) is 0 Å². The van der Waals surface area contributed by atoms with Crippen molar-refractivity contribution >= 4 is 63.5 Å². The molecule has 0 N–H and O–H groups in total. The van der Waals surface area contributed by atoms with Crippen molar-refractivity contribution in [2.24, 2.45) is 0 Å². The molecule has 4 heteroatoms. The second-order valence-electron chi connectivity index (χ2n) is 12.3. The fourth-order valence-corrected chi connectivity index (χ4v) is 78.5. The van der Waals surface area contributed by atoms with E-state index in [1.165, 1.54) is 11.1 Å². The van der Waals surface area contributed by atoms with E-state index in [-0.39, 0.29) is 0 Å². The Hall–Kier alpha value is 0.00584. The van der Waals surface area contributed by atoms with E-state index in [2.05, 4.69) is 146 Å². The topological polar surface area (TPSA) is 0 Å². The zero-order chi connectivity index (χ0) is 24.1. The van der Waals surface area contributed by atoms with Crippen LogP contribution in [0, 0.1) is 0 Å². The van der Waals surface area contributed by atoms with E-state index in [0.29, 0.717) is 10.1 Å². The maximum atomic E-state index is 3.04. The first-order chi connectivity index (χ1) is 14.6. The number of rotatable bonds is 4. The Bertz CT molecular complexity index is 951. The van der Waals surface area contributed by atoms with E-state index in [9.17, 15) is 0 Å². The Morgan fingerprint density at radius 3 is 1.09 bits per heavy atom. The van der Waals surface area contributed by atoms with Gasteiger partial charge in [-0.15, -0.1) is 0 Å². The van der Waals surface area contributed by atoms with Crippen LogP contribution in [-0.4, -0.2) is 34.6 Å². The molecule has 1 aliphatic rings. The third kappa shape index (κ3) is 4.61. The quantitative estimate of drug-likeness (QED) is 0.215. The van der Waals surface area contributed by atoms with Crippen LogP contribution in [0.4, 0.5) is 0 Å². The fraction of sp³-hybridized carbons (Fsp3) is 0.429. The first-order valence-corrected chi connectivity index (χ1v) is 32.6. The van der Waals surface area contributed by atoms with Crippen molar-refractivity contribution in [1.29, 1.82) is 0 Å². The van der Waals surface area contributed by atoms with E-state index in [1.807, 2.05) is 5.51 Å². The zero-order valence-corrected chi connectivity index (χ0v) is 29.7. The molecular weight excluding hydrogens is 727 g/mol. The average molecular weight is 767 g/mol. The van der Waals surface area contributed by atoms with Gasteiger partial charge < -0.3 is 0 Å².